The Hall–Kier alpha value is -2.11. The van der Waals surface area contributed by atoms with Crippen LogP contribution < -0.4 is 5.32 Å². The van der Waals surface area contributed by atoms with Crippen molar-refractivity contribution >= 4 is 17.7 Å². The van der Waals surface area contributed by atoms with Crippen LogP contribution >= 0.6 is 0 Å². The number of hydrogen-bond donors (Lipinski definition) is 2. The highest BCUT2D eigenvalue weighted by Crippen LogP contribution is 2.33. The van der Waals surface area contributed by atoms with Gasteiger partial charge in [0.25, 0.3) is 0 Å². The van der Waals surface area contributed by atoms with E-state index in [0.29, 0.717) is 37.1 Å². The van der Waals surface area contributed by atoms with Gasteiger partial charge >= 0.3 is 12.0 Å². The summed E-state index contributed by atoms with van der Waals surface area (Å²) in [5, 5.41) is 12.1. The number of urea groups is 1. The van der Waals surface area contributed by atoms with Gasteiger partial charge in [-0.15, -0.1) is 0 Å². The van der Waals surface area contributed by atoms with E-state index < -0.39 is 17.5 Å². The highest BCUT2D eigenvalue weighted by Gasteiger charge is 2.48. The molecule has 1 atom stereocenters. The molecule has 1 heterocycles. The number of benzene rings is 1. The van der Waals surface area contributed by atoms with E-state index in [1.807, 2.05) is 0 Å². The third-order valence-corrected chi connectivity index (χ3v) is 4.15. The van der Waals surface area contributed by atoms with E-state index in [4.69, 9.17) is 0 Å². The Bertz CT molecular complexity index is 576. The van der Waals surface area contributed by atoms with E-state index in [1.54, 1.807) is 13.8 Å². The zero-order valence-electron chi connectivity index (χ0n) is 12.1. The number of nitrogens with zero attached hydrogens (tertiary/aromatic N) is 1. The Morgan fingerprint density at radius 3 is 2.76 bits per heavy atom. The van der Waals surface area contributed by atoms with Crippen molar-refractivity contribution in [1.82, 2.24) is 4.90 Å². The van der Waals surface area contributed by atoms with Gasteiger partial charge in [0, 0.05) is 12.2 Å². The SMILES string of the molecule is CCC1(C(=O)O)CCCN1C(=O)Nc1ccc(F)cc1C. The third-order valence-electron chi connectivity index (χ3n) is 4.15. The van der Waals surface area contributed by atoms with Crippen molar-refractivity contribution in [2.75, 3.05) is 11.9 Å². The van der Waals surface area contributed by atoms with Crippen LogP contribution in [0.4, 0.5) is 14.9 Å². The number of halogens is 1. The average molecular weight is 294 g/mol. The minimum absolute atomic E-state index is 0.359. The van der Waals surface area contributed by atoms with Crippen molar-refractivity contribution in [3.8, 4) is 0 Å². The van der Waals surface area contributed by atoms with Crippen LogP contribution in [-0.2, 0) is 4.79 Å². The molecule has 0 spiro atoms. The molecule has 1 unspecified atom stereocenters. The van der Waals surface area contributed by atoms with Gasteiger partial charge in [-0.3, -0.25) is 0 Å². The molecule has 1 fully saturated rings. The van der Waals surface area contributed by atoms with E-state index in [0.717, 1.165) is 0 Å². The van der Waals surface area contributed by atoms with E-state index in [2.05, 4.69) is 5.32 Å². The number of carboxylic acids is 1. The molecule has 6 heteroatoms. The number of rotatable bonds is 3. The second kappa shape index (κ2) is 5.71. The lowest BCUT2D eigenvalue weighted by Crippen LogP contribution is -2.54. The second-order valence-electron chi connectivity index (χ2n) is 5.33. The Kier molecular flexibility index (Phi) is 4.16. The highest BCUT2D eigenvalue weighted by molar-refractivity contribution is 5.95. The van der Waals surface area contributed by atoms with Gasteiger partial charge in [0.1, 0.15) is 11.4 Å². The van der Waals surface area contributed by atoms with Gasteiger partial charge in [0.05, 0.1) is 0 Å². The summed E-state index contributed by atoms with van der Waals surface area (Å²) < 4.78 is 13.1. The first kappa shape index (κ1) is 15.3. The van der Waals surface area contributed by atoms with Crippen molar-refractivity contribution in [3.63, 3.8) is 0 Å². The normalized spacial score (nSPS) is 21.4. The fraction of sp³-hybridized carbons (Fsp3) is 0.467. The molecule has 0 aromatic heterocycles. The number of carbonyl (C=O) groups is 2. The summed E-state index contributed by atoms with van der Waals surface area (Å²) in [5.41, 5.74) is -0.0541. The minimum Gasteiger partial charge on any atom is -0.479 e. The van der Waals surface area contributed by atoms with Crippen LogP contribution in [0.25, 0.3) is 0 Å². The highest BCUT2D eigenvalue weighted by atomic mass is 19.1. The predicted octanol–water partition coefficient (Wildman–Crippen LogP) is 3.00. The smallest absolute Gasteiger partial charge is 0.329 e. The second-order valence-corrected chi connectivity index (χ2v) is 5.33. The van der Waals surface area contributed by atoms with Crippen molar-refractivity contribution in [2.24, 2.45) is 0 Å². The number of carbonyl (C=O) groups excluding carboxylic acids is 1. The molecule has 1 aromatic rings. The molecule has 1 aromatic carbocycles. The number of likely N-dealkylation sites (tertiary alicyclic amines) is 1. The van der Waals surface area contributed by atoms with E-state index in [9.17, 15) is 19.1 Å². The lowest BCUT2D eigenvalue weighted by Gasteiger charge is -2.33. The number of nitrogens with one attached hydrogen (secondary N) is 1. The molecule has 2 amide bonds. The van der Waals surface area contributed by atoms with Crippen LogP contribution in [0.3, 0.4) is 0 Å². The van der Waals surface area contributed by atoms with Crippen LogP contribution in [-0.4, -0.2) is 34.1 Å². The summed E-state index contributed by atoms with van der Waals surface area (Å²) in [6, 6.07) is 3.61. The molecule has 1 aliphatic heterocycles. The summed E-state index contributed by atoms with van der Waals surface area (Å²) in [4.78, 5) is 25.3. The monoisotopic (exact) mass is 294 g/mol. The molecule has 2 N–H and O–H groups in total. The molecule has 1 saturated heterocycles. The quantitative estimate of drug-likeness (QED) is 0.900. The molecule has 0 bridgehead atoms. The minimum atomic E-state index is -1.14. The Morgan fingerprint density at radius 1 is 1.48 bits per heavy atom. The third kappa shape index (κ3) is 2.70. The molecular formula is C15H19FN2O3. The first-order chi connectivity index (χ1) is 9.90. The maximum atomic E-state index is 13.1. The zero-order valence-corrected chi connectivity index (χ0v) is 12.1. The van der Waals surface area contributed by atoms with Crippen molar-refractivity contribution in [1.29, 1.82) is 0 Å². The van der Waals surface area contributed by atoms with E-state index in [1.165, 1.54) is 23.1 Å². The van der Waals surface area contributed by atoms with Gasteiger partial charge in [-0.25, -0.2) is 14.0 Å². The Labute approximate surface area is 122 Å². The summed E-state index contributed by atoms with van der Waals surface area (Å²) in [5.74, 6) is -1.35. The topological polar surface area (TPSA) is 69.6 Å². The lowest BCUT2D eigenvalue weighted by atomic mass is 9.93. The fourth-order valence-electron chi connectivity index (χ4n) is 2.87. The lowest BCUT2D eigenvalue weighted by molar-refractivity contribution is -0.148. The maximum absolute atomic E-state index is 13.1. The van der Waals surface area contributed by atoms with Gasteiger partial charge < -0.3 is 15.3 Å². The van der Waals surface area contributed by atoms with Crippen LogP contribution in [0.15, 0.2) is 18.2 Å². The van der Waals surface area contributed by atoms with Gasteiger partial charge in [-0.1, -0.05) is 6.92 Å². The van der Waals surface area contributed by atoms with Crippen LogP contribution in [0.1, 0.15) is 31.7 Å². The van der Waals surface area contributed by atoms with Gasteiger partial charge in [0.15, 0.2) is 0 Å². The van der Waals surface area contributed by atoms with Crippen molar-refractivity contribution in [3.05, 3.63) is 29.6 Å². The Morgan fingerprint density at radius 2 is 2.19 bits per heavy atom. The van der Waals surface area contributed by atoms with E-state index >= 15 is 0 Å². The van der Waals surface area contributed by atoms with Crippen molar-refractivity contribution < 1.29 is 19.1 Å². The number of anilines is 1. The van der Waals surface area contributed by atoms with E-state index in [-0.39, 0.29) is 5.82 Å². The maximum Gasteiger partial charge on any atom is 0.329 e. The molecule has 0 saturated carbocycles. The van der Waals surface area contributed by atoms with Crippen molar-refractivity contribution in [2.45, 2.75) is 38.6 Å². The molecule has 114 valence electrons. The molecule has 5 nitrogen and oxygen atoms in total. The summed E-state index contributed by atoms with van der Waals surface area (Å²) in [7, 11) is 0. The number of amides is 2. The first-order valence-electron chi connectivity index (χ1n) is 6.99. The van der Waals surface area contributed by atoms with Gasteiger partial charge in [0.2, 0.25) is 0 Å². The summed E-state index contributed by atoms with van der Waals surface area (Å²) in [6.45, 7) is 3.86. The fourth-order valence-corrected chi connectivity index (χ4v) is 2.87. The summed E-state index contributed by atoms with van der Waals surface area (Å²) in [6.07, 6.45) is 1.47. The van der Waals surface area contributed by atoms with Crippen LogP contribution in [0.2, 0.25) is 0 Å². The molecule has 1 aliphatic rings. The number of carboxylic acid groups (broad SMARTS) is 1. The molecule has 0 radical (unpaired) electrons. The number of aliphatic carboxylic acids is 1. The van der Waals surface area contributed by atoms with Gasteiger partial charge in [-0.05, 0) is 49.9 Å². The van der Waals surface area contributed by atoms with Crippen LogP contribution in [0, 0.1) is 12.7 Å². The molecule has 21 heavy (non-hydrogen) atoms. The average Bonchev–Trinajstić information content (AvgIpc) is 2.87. The molecule has 0 aliphatic carbocycles. The Balaban J connectivity index is 2.21. The molecular weight excluding hydrogens is 275 g/mol. The molecule has 2 rings (SSSR count). The summed E-state index contributed by atoms with van der Waals surface area (Å²) >= 11 is 0. The number of hydrogen-bond acceptors (Lipinski definition) is 2. The van der Waals surface area contributed by atoms with Gasteiger partial charge in [-0.2, -0.15) is 0 Å². The van der Waals surface area contributed by atoms with Crippen LogP contribution in [0.5, 0.6) is 0 Å². The first-order valence-corrected chi connectivity index (χ1v) is 6.99. The zero-order chi connectivity index (χ0) is 15.6. The standard InChI is InChI=1S/C15H19FN2O3/c1-3-15(13(19)20)7-4-8-18(15)14(21)17-12-6-5-11(16)9-10(12)2/h5-6,9H,3-4,7-8H2,1-2H3,(H,17,21)(H,19,20). The number of aryl methyl sites for hydroxylation is 1. The largest absolute Gasteiger partial charge is 0.479 e. The predicted molar refractivity (Wildman–Crippen MR) is 76.8 cm³/mol.